The van der Waals surface area contributed by atoms with E-state index in [1.165, 1.54) is 7.11 Å². The summed E-state index contributed by atoms with van der Waals surface area (Å²) in [5, 5.41) is 0. The number of nitrogens with zero attached hydrogens (tertiary/aromatic N) is 1. The maximum atomic E-state index is 13.3. The monoisotopic (exact) mass is 373 g/mol. The maximum absolute atomic E-state index is 13.3. The lowest BCUT2D eigenvalue weighted by molar-refractivity contribution is 0.0636. The third-order valence-corrected chi connectivity index (χ3v) is 5.64. The van der Waals surface area contributed by atoms with Gasteiger partial charge in [-0.25, -0.2) is 4.21 Å². The van der Waals surface area contributed by atoms with Gasteiger partial charge in [-0.05, 0) is 58.9 Å². The Hall–Kier alpha value is -2.14. The zero-order valence-corrected chi connectivity index (χ0v) is 17.1. The highest BCUT2D eigenvalue weighted by atomic mass is 32.2. The molecule has 26 heavy (non-hydrogen) atoms. The molecule has 0 saturated heterocycles. The summed E-state index contributed by atoms with van der Waals surface area (Å²) >= 11 is 0. The second kappa shape index (κ2) is 8.49. The first-order valence-corrected chi connectivity index (χ1v) is 9.91. The van der Waals surface area contributed by atoms with E-state index in [0.717, 1.165) is 5.56 Å². The van der Waals surface area contributed by atoms with E-state index in [-0.39, 0.29) is 18.0 Å². The van der Waals surface area contributed by atoms with Crippen molar-refractivity contribution in [3.05, 3.63) is 53.6 Å². The van der Waals surface area contributed by atoms with Crippen molar-refractivity contribution in [2.75, 3.05) is 7.11 Å². The van der Waals surface area contributed by atoms with Crippen LogP contribution in [-0.2, 0) is 10.8 Å². The van der Waals surface area contributed by atoms with Crippen molar-refractivity contribution in [2.24, 2.45) is 0 Å². The van der Waals surface area contributed by atoms with Crippen LogP contribution >= 0.6 is 0 Å². The fourth-order valence-electron chi connectivity index (χ4n) is 3.03. The molecule has 0 bridgehead atoms. The van der Waals surface area contributed by atoms with E-state index in [9.17, 15) is 9.00 Å². The Morgan fingerprint density at radius 1 is 1.00 bits per heavy atom. The van der Waals surface area contributed by atoms with E-state index in [0.29, 0.717) is 21.1 Å². The van der Waals surface area contributed by atoms with Crippen molar-refractivity contribution < 1.29 is 13.7 Å². The van der Waals surface area contributed by atoms with Crippen LogP contribution in [-0.4, -0.2) is 34.2 Å². The minimum atomic E-state index is -1.47. The molecule has 2 aromatic carbocycles. The van der Waals surface area contributed by atoms with Crippen molar-refractivity contribution in [1.29, 1.82) is 0 Å². The molecule has 0 aromatic heterocycles. The van der Waals surface area contributed by atoms with Crippen LogP contribution in [0, 0.1) is 6.92 Å². The molecule has 0 aliphatic heterocycles. The molecule has 0 aliphatic carbocycles. The highest BCUT2D eigenvalue weighted by molar-refractivity contribution is 7.85. The van der Waals surface area contributed by atoms with Gasteiger partial charge < -0.3 is 9.64 Å². The van der Waals surface area contributed by atoms with Crippen LogP contribution < -0.4 is 4.74 Å². The summed E-state index contributed by atoms with van der Waals surface area (Å²) in [5.41, 5.74) is 1.47. The number of benzene rings is 2. The summed E-state index contributed by atoms with van der Waals surface area (Å²) in [6.45, 7) is 9.89. The number of hydrogen-bond acceptors (Lipinski definition) is 3. The summed E-state index contributed by atoms with van der Waals surface area (Å²) in [5.74, 6) is 0.280. The Morgan fingerprint density at radius 2 is 1.58 bits per heavy atom. The quantitative estimate of drug-likeness (QED) is 0.752. The molecule has 0 spiro atoms. The molecule has 5 heteroatoms. The van der Waals surface area contributed by atoms with Crippen molar-refractivity contribution >= 4 is 16.7 Å². The first-order chi connectivity index (χ1) is 12.3. The average Bonchev–Trinajstić information content (AvgIpc) is 2.60. The Bertz CT molecular complexity index is 789. The standard InChI is InChI=1S/C21H27NO3S/c1-14(2)22(15(3)4)21(23)20-18(25-6)8-7-9-19(20)26(24)17-12-10-16(5)11-13-17/h7-15H,1-6H3. The number of ether oxygens (including phenoxy) is 1. The second-order valence-corrected chi connectivity index (χ2v) is 8.26. The van der Waals surface area contributed by atoms with Crippen LogP contribution in [0.1, 0.15) is 43.6 Å². The largest absolute Gasteiger partial charge is 0.496 e. The van der Waals surface area contributed by atoms with Gasteiger partial charge in [0, 0.05) is 17.0 Å². The smallest absolute Gasteiger partial charge is 0.259 e. The van der Waals surface area contributed by atoms with Gasteiger partial charge in [0.15, 0.2) is 0 Å². The summed E-state index contributed by atoms with van der Waals surface area (Å²) in [6.07, 6.45) is 0. The van der Waals surface area contributed by atoms with Gasteiger partial charge in [0.2, 0.25) is 0 Å². The Labute approximate surface area is 158 Å². The van der Waals surface area contributed by atoms with Gasteiger partial charge in [-0.3, -0.25) is 4.79 Å². The van der Waals surface area contributed by atoms with Gasteiger partial charge in [0.25, 0.3) is 5.91 Å². The highest BCUT2D eigenvalue weighted by Crippen LogP contribution is 2.30. The molecule has 0 N–H and O–H groups in total. The zero-order valence-electron chi connectivity index (χ0n) is 16.3. The van der Waals surface area contributed by atoms with Crippen LogP contribution in [0.2, 0.25) is 0 Å². The molecular formula is C21H27NO3S. The number of carbonyl (C=O) groups is 1. The molecule has 2 rings (SSSR count). The SMILES string of the molecule is COc1cccc(S(=O)c2ccc(C)cc2)c1C(=O)N(C(C)C)C(C)C. The van der Waals surface area contributed by atoms with Crippen molar-refractivity contribution in [3.8, 4) is 5.75 Å². The molecule has 0 saturated carbocycles. The third-order valence-electron chi connectivity index (χ3n) is 4.20. The summed E-state index contributed by atoms with van der Waals surface area (Å²) in [7, 11) is 0.0580. The van der Waals surface area contributed by atoms with Gasteiger partial charge in [0.05, 0.1) is 28.4 Å². The highest BCUT2D eigenvalue weighted by Gasteiger charge is 2.28. The number of carbonyl (C=O) groups excluding carboxylic acids is 1. The van der Waals surface area contributed by atoms with Gasteiger partial charge in [-0.15, -0.1) is 0 Å². The molecule has 0 heterocycles. The Morgan fingerprint density at radius 3 is 2.08 bits per heavy atom. The molecule has 1 atom stereocenters. The molecule has 0 radical (unpaired) electrons. The maximum Gasteiger partial charge on any atom is 0.259 e. The average molecular weight is 374 g/mol. The van der Waals surface area contributed by atoms with Crippen LogP contribution in [0.25, 0.3) is 0 Å². The van der Waals surface area contributed by atoms with Gasteiger partial charge >= 0.3 is 0 Å². The van der Waals surface area contributed by atoms with Crippen LogP contribution in [0.15, 0.2) is 52.3 Å². The van der Waals surface area contributed by atoms with E-state index in [1.54, 1.807) is 23.1 Å². The lowest BCUT2D eigenvalue weighted by Gasteiger charge is -2.31. The second-order valence-electron chi connectivity index (χ2n) is 6.82. The number of hydrogen-bond donors (Lipinski definition) is 0. The lowest BCUT2D eigenvalue weighted by atomic mass is 10.1. The number of amides is 1. The molecule has 0 fully saturated rings. The summed E-state index contributed by atoms with van der Waals surface area (Å²) in [6, 6.07) is 12.8. The zero-order chi connectivity index (χ0) is 19.4. The lowest BCUT2D eigenvalue weighted by Crippen LogP contribution is -2.42. The number of rotatable bonds is 6. The molecule has 2 aromatic rings. The van der Waals surface area contributed by atoms with Crippen LogP contribution in [0.5, 0.6) is 5.75 Å². The fraction of sp³-hybridized carbons (Fsp3) is 0.381. The predicted molar refractivity (Wildman–Crippen MR) is 105 cm³/mol. The topological polar surface area (TPSA) is 46.6 Å². The fourth-order valence-corrected chi connectivity index (χ4v) is 4.24. The number of methoxy groups -OCH3 is 1. The van der Waals surface area contributed by atoms with E-state index >= 15 is 0 Å². The van der Waals surface area contributed by atoms with Crippen LogP contribution in [0.3, 0.4) is 0 Å². The van der Waals surface area contributed by atoms with Gasteiger partial charge in [0.1, 0.15) is 5.75 Å². The minimum absolute atomic E-state index is 0.0214. The molecule has 140 valence electrons. The third kappa shape index (κ3) is 4.15. The van der Waals surface area contributed by atoms with Crippen molar-refractivity contribution in [3.63, 3.8) is 0 Å². The van der Waals surface area contributed by atoms with E-state index in [2.05, 4.69) is 0 Å². The predicted octanol–water partition coefficient (Wildman–Crippen LogP) is 4.43. The molecule has 1 amide bonds. The van der Waals surface area contributed by atoms with E-state index in [4.69, 9.17) is 4.74 Å². The minimum Gasteiger partial charge on any atom is -0.496 e. The Kier molecular flexibility index (Phi) is 6.59. The molecule has 1 unspecified atom stereocenters. The Balaban J connectivity index is 2.60. The first-order valence-electron chi connectivity index (χ1n) is 8.76. The molecule has 0 aliphatic rings. The summed E-state index contributed by atoms with van der Waals surface area (Å²) < 4.78 is 18.6. The van der Waals surface area contributed by atoms with E-state index in [1.807, 2.05) is 58.9 Å². The van der Waals surface area contributed by atoms with Crippen molar-refractivity contribution in [2.45, 2.75) is 56.5 Å². The van der Waals surface area contributed by atoms with Gasteiger partial charge in [-0.2, -0.15) is 0 Å². The molecule has 4 nitrogen and oxygen atoms in total. The summed E-state index contributed by atoms with van der Waals surface area (Å²) in [4.78, 5) is 16.3. The number of aryl methyl sites for hydroxylation is 1. The van der Waals surface area contributed by atoms with Crippen molar-refractivity contribution in [1.82, 2.24) is 4.90 Å². The van der Waals surface area contributed by atoms with Crippen LogP contribution in [0.4, 0.5) is 0 Å². The van der Waals surface area contributed by atoms with Gasteiger partial charge in [-0.1, -0.05) is 23.8 Å². The van der Waals surface area contributed by atoms with E-state index < -0.39 is 10.8 Å². The molecular weight excluding hydrogens is 346 g/mol. The normalized spacial score (nSPS) is 12.3. The first kappa shape index (κ1) is 20.2.